The number of anilines is 1. The molecule has 1 aromatic carbocycles. The maximum absolute atomic E-state index is 13.4. The van der Waals surface area contributed by atoms with Gasteiger partial charge in [-0.25, -0.2) is 13.2 Å². The molecule has 25 heavy (non-hydrogen) atoms. The third-order valence-corrected chi connectivity index (χ3v) is 3.00. The van der Waals surface area contributed by atoms with E-state index in [0.29, 0.717) is 0 Å². The SMILES string of the molecule is Nc1cc(Cl)c(OC(F)(F)C(F)OC(F)(F)C(F)(F)C(F)F)c(Cl)c1. The minimum absolute atomic E-state index is 0.137. The Kier molecular flexibility index (Phi) is 6.23. The summed E-state index contributed by atoms with van der Waals surface area (Å²) in [6.45, 7) is 0. The zero-order valence-corrected chi connectivity index (χ0v) is 12.9. The molecule has 0 aromatic heterocycles. The second-order valence-electron chi connectivity index (χ2n) is 4.35. The number of hydrogen-bond donors (Lipinski definition) is 1. The van der Waals surface area contributed by atoms with E-state index in [2.05, 4.69) is 9.47 Å². The van der Waals surface area contributed by atoms with Crippen molar-refractivity contribution < 1.29 is 49.0 Å². The van der Waals surface area contributed by atoms with Crippen LogP contribution in [0.5, 0.6) is 5.75 Å². The van der Waals surface area contributed by atoms with Crippen LogP contribution < -0.4 is 10.5 Å². The summed E-state index contributed by atoms with van der Waals surface area (Å²) >= 11 is 10.9. The van der Waals surface area contributed by atoms with Crippen molar-refractivity contribution in [2.24, 2.45) is 0 Å². The van der Waals surface area contributed by atoms with Crippen LogP contribution in [0.3, 0.4) is 0 Å². The van der Waals surface area contributed by atoms with Crippen molar-refractivity contribution in [1.82, 2.24) is 0 Å². The molecule has 0 saturated heterocycles. The molecular formula is C11H6Cl2F9NO2. The lowest BCUT2D eigenvalue weighted by Crippen LogP contribution is -2.52. The summed E-state index contributed by atoms with van der Waals surface area (Å²) in [6, 6.07) is 1.62. The topological polar surface area (TPSA) is 44.5 Å². The molecule has 0 heterocycles. The van der Waals surface area contributed by atoms with Gasteiger partial charge in [-0.3, -0.25) is 4.74 Å². The van der Waals surface area contributed by atoms with Crippen LogP contribution in [-0.2, 0) is 4.74 Å². The first-order chi connectivity index (χ1) is 11.1. The van der Waals surface area contributed by atoms with E-state index in [1.807, 2.05) is 0 Å². The largest absolute Gasteiger partial charge is 0.456 e. The number of rotatable bonds is 7. The van der Waals surface area contributed by atoms with Gasteiger partial charge in [0.25, 0.3) is 0 Å². The molecule has 1 unspecified atom stereocenters. The molecule has 0 aliphatic carbocycles. The lowest BCUT2D eigenvalue weighted by molar-refractivity contribution is -0.430. The minimum atomic E-state index is -6.28. The molecule has 1 atom stereocenters. The summed E-state index contributed by atoms with van der Waals surface area (Å²) in [6.07, 6.45) is -21.2. The van der Waals surface area contributed by atoms with Crippen molar-refractivity contribution in [1.29, 1.82) is 0 Å². The summed E-state index contributed by atoms with van der Waals surface area (Å²) in [4.78, 5) is 0. The van der Waals surface area contributed by atoms with Gasteiger partial charge in [0.2, 0.25) is 0 Å². The number of ether oxygens (including phenoxy) is 2. The van der Waals surface area contributed by atoms with Crippen molar-refractivity contribution in [2.45, 2.75) is 30.9 Å². The van der Waals surface area contributed by atoms with E-state index >= 15 is 0 Å². The number of hydrogen-bond acceptors (Lipinski definition) is 3. The third-order valence-electron chi connectivity index (χ3n) is 2.44. The predicted molar refractivity (Wildman–Crippen MR) is 68.3 cm³/mol. The van der Waals surface area contributed by atoms with Gasteiger partial charge in [0.15, 0.2) is 5.75 Å². The molecule has 3 nitrogen and oxygen atoms in total. The highest BCUT2D eigenvalue weighted by atomic mass is 35.5. The normalized spacial score (nSPS) is 14.7. The van der Waals surface area contributed by atoms with Gasteiger partial charge < -0.3 is 10.5 Å². The highest BCUT2D eigenvalue weighted by Crippen LogP contribution is 2.44. The molecule has 144 valence electrons. The van der Waals surface area contributed by atoms with Crippen LogP contribution in [0.2, 0.25) is 10.0 Å². The molecule has 0 radical (unpaired) electrons. The molecule has 0 aliphatic rings. The smallest absolute Gasteiger partial charge is 0.425 e. The molecule has 14 heteroatoms. The molecule has 1 aromatic rings. The second-order valence-corrected chi connectivity index (χ2v) is 5.17. The maximum Gasteiger partial charge on any atom is 0.456 e. The van der Waals surface area contributed by atoms with Gasteiger partial charge in [0.1, 0.15) is 0 Å². The number of nitrogens with two attached hydrogens (primary N) is 1. The number of alkyl halides is 9. The Labute approximate surface area is 143 Å². The third kappa shape index (κ3) is 4.67. The first kappa shape index (κ1) is 21.8. The van der Waals surface area contributed by atoms with Crippen LogP contribution in [0, 0.1) is 0 Å². The minimum Gasteiger partial charge on any atom is -0.425 e. The van der Waals surface area contributed by atoms with Crippen molar-refractivity contribution in [3.05, 3.63) is 22.2 Å². The quantitative estimate of drug-likeness (QED) is 0.472. The number of benzene rings is 1. The van der Waals surface area contributed by atoms with E-state index < -0.39 is 46.7 Å². The van der Waals surface area contributed by atoms with Crippen molar-refractivity contribution in [2.75, 3.05) is 5.73 Å². The van der Waals surface area contributed by atoms with Crippen LogP contribution in [0.1, 0.15) is 0 Å². The second kappa shape index (κ2) is 7.16. The van der Waals surface area contributed by atoms with E-state index in [-0.39, 0.29) is 5.69 Å². The maximum atomic E-state index is 13.4. The lowest BCUT2D eigenvalue weighted by atomic mass is 10.3. The molecule has 2 N–H and O–H groups in total. The highest BCUT2D eigenvalue weighted by molar-refractivity contribution is 6.37. The van der Waals surface area contributed by atoms with Crippen LogP contribution in [0.4, 0.5) is 45.2 Å². The summed E-state index contributed by atoms with van der Waals surface area (Å²) in [5.41, 5.74) is 5.11. The molecule has 0 amide bonds. The average Bonchev–Trinajstić information content (AvgIpc) is 2.41. The van der Waals surface area contributed by atoms with Gasteiger partial charge >= 0.3 is 30.9 Å². The molecular weight excluding hydrogens is 420 g/mol. The van der Waals surface area contributed by atoms with Gasteiger partial charge in [0.05, 0.1) is 10.0 Å². The predicted octanol–water partition coefficient (Wildman–Crippen LogP) is 5.35. The first-order valence-corrected chi connectivity index (χ1v) is 6.54. The Hall–Kier alpha value is -1.27. The zero-order valence-electron chi connectivity index (χ0n) is 11.4. The van der Waals surface area contributed by atoms with E-state index in [9.17, 15) is 39.5 Å². The number of halogens is 11. The van der Waals surface area contributed by atoms with Crippen molar-refractivity contribution >= 4 is 28.9 Å². The Morgan fingerprint density at radius 1 is 0.920 bits per heavy atom. The summed E-state index contributed by atoms with van der Waals surface area (Å²) in [5, 5.41) is -1.41. The fraction of sp³-hybridized carbons (Fsp3) is 0.455. The molecule has 0 bridgehead atoms. The Morgan fingerprint density at radius 2 is 1.36 bits per heavy atom. The van der Waals surface area contributed by atoms with E-state index in [0.717, 1.165) is 12.1 Å². The number of nitrogen functional groups attached to an aromatic ring is 1. The summed E-state index contributed by atoms with van der Waals surface area (Å²) in [5.74, 6) is -7.39. The van der Waals surface area contributed by atoms with Crippen LogP contribution in [-0.4, -0.2) is 30.9 Å². The van der Waals surface area contributed by atoms with E-state index in [4.69, 9.17) is 28.9 Å². The fourth-order valence-electron chi connectivity index (χ4n) is 1.26. The van der Waals surface area contributed by atoms with Crippen LogP contribution in [0.15, 0.2) is 12.1 Å². The van der Waals surface area contributed by atoms with Gasteiger partial charge in [0, 0.05) is 5.69 Å². The molecule has 1 rings (SSSR count). The van der Waals surface area contributed by atoms with Crippen molar-refractivity contribution in [3.63, 3.8) is 0 Å². The van der Waals surface area contributed by atoms with Crippen LogP contribution in [0.25, 0.3) is 0 Å². The monoisotopic (exact) mass is 425 g/mol. The molecule has 0 spiro atoms. The van der Waals surface area contributed by atoms with E-state index in [1.54, 1.807) is 0 Å². The Morgan fingerprint density at radius 3 is 1.76 bits per heavy atom. The molecule has 0 saturated carbocycles. The Balaban J connectivity index is 3.03. The van der Waals surface area contributed by atoms with Gasteiger partial charge in [-0.15, -0.1) is 0 Å². The summed E-state index contributed by atoms with van der Waals surface area (Å²) < 4.78 is 121. The van der Waals surface area contributed by atoms with E-state index in [1.165, 1.54) is 0 Å². The highest BCUT2D eigenvalue weighted by Gasteiger charge is 2.67. The summed E-state index contributed by atoms with van der Waals surface area (Å²) in [7, 11) is 0. The molecule has 0 aliphatic heterocycles. The first-order valence-electron chi connectivity index (χ1n) is 5.79. The van der Waals surface area contributed by atoms with Crippen LogP contribution >= 0.6 is 23.2 Å². The van der Waals surface area contributed by atoms with Gasteiger partial charge in [-0.1, -0.05) is 23.2 Å². The standard InChI is InChI=1S/C11H6Cl2F9NO2/c12-4-1-3(23)2-5(13)6(4)24-10(19,20)8(16)25-11(21,22)9(17,18)7(14)15/h1-2,7-8H,23H2. The average molecular weight is 426 g/mol. The van der Waals surface area contributed by atoms with Gasteiger partial charge in [-0.2, -0.15) is 26.3 Å². The van der Waals surface area contributed by atoms with Crippen molar-refractivity contribution in [3.8, 4) is 5.75 Å². The molecule has 0 fully saturated rings. The Bertz CT molecular complexity index is 607. The zero-order chi connectivity index (χ0) is 19.8. The lowest BCUT2D eigenvalue weighted by Gasteiger charge is -2.29. The fourth-order valence-corrected chi connectivity index (χ4v) is 1.84. The van der Waals surface area contributed by atoms with Gasteiger partial charge in [-0.05, 0) is 12.1 Å².